The molecule has 0 radical (unpaired) electrons. The summed E-state index contributed by atoms with van der Waals surface area (Å²) in [5.41, 5.74) is 0. The van der Waals surface area contributed by atoms with Gasteiger partial charge in [-0.3, -0.25) is 9.88 Å². The smallest absolute Gasteiger partial charge is 0.323 e. The van der Waals surface area contributed by atoms with Crippen molar-refractivity contribution in [3.8, 4) is 0 Å². The zero-order valence-electron chi connectivity index (χ0n) is 4.39. The maximum atomic E-state index is 10.5. The molecule has 1 fully saturated rings. The summed E-state index contributed by atoms with van der Waals surface area (Å²) in [6, 6.07) is -0.0833. The Morgan fingerprint density at radius 3 is 2.88 bits per heavy atom. The van der Waals surface area contributed by atoms with E-state index in [2.05, 4.69) is 19.2 Å². The van der Waals surface area contributed by atoms with Gasteiger partial charge < -0.3 is 4.74 Å². The van der Waals surface area contributed by atoms with Crippen molar-refractivity contribution in [2.24, 2.45) is 0 Å². The first-order chi connectivity index (χ1) is 3.84. The number of rotatable bonds is 1. The molecular formula is C4H8NO2P. The van der Waals surface area contributed by atoms with Crippen LogP contribution in [0.25, 0.3) is 0 Å². The molecular weight excluding hydrogens is 125 g/mol. The number of ether oxygens (including phenoxy) is 1. The molecule has 1 rings (SSSR count). The quantitative estimate of drug-likeness (QED) is 0.393. The summed E-state index contributed by atoms with van der Waals surface area (Å²) < 4.78 is 4.64. The van der Waals surface area contributed by atoms with Crippen molar-refractivity contribution in [3.63, 3.8) is 0 Å². The first-order valence-corrected chi connectivity index (χ1v) is 3.05. The van der Waals surface area contributed by atoms with Crippen molar-refractivity contribution < 1.29 is 9.53 Å². The van der Waals surface area contributed by atoms with Gasteiger partial charge >= 0.3 is 5.97 Å². The predicted octanol–water partition coefficient (Wildman–Crippen LogP) is -0.318. The highest BCUT2D eigenvalue weighted by molar-refractivity contribution is 7.13. The minimum atomic E-state index is -0.139. The molecule has 0 aromatic rings. The van der Waals surface area contributed by atoms with Crippen LogP contribution in [0.2, 0.25) is 0 Å². The molecule has 0 aromatic heterocycles. The number of carbonyl (C=O) groups is 1. The van der Waals surface area contributed by atoms with Gasteiger partial charge in [0, 0.05) is 6.42 Å². The number of hydrogen-bond donors (Lipinski definition) is 1. The monoisotopic (exact) mass is 133 g/mol. The van der Waals surface area contributed by atoms with Gasteiger partial charge in [0.1, 0.15) is 6.04 Å². The second-order valence-corrected chi connectivity index (χ2v) is 2.01. The highest BCUT2D eigenvalue weighted by atomic mass is 31.0. The molecule has 0 saturated carbocycles. The van der Waals surface area contributed by atoms with E-state index in [4.69, 9.17) is 0 Å². The second-order valence-electron chi connectivity index (χ2n) is 1.68. The predicted molar refractivity (Wildman–Crippen MR) is 32.2 cm³/mol. The lowest BCUT2D eigenvalue weighted by Crippen LogP contribution is -2.24. The van der Waals surface area contributed by atoms with E-state index in [-0.39, 0.29) is 12.0 Å². The highest BCUT2D eigenvalue weighted by Crippen LogP contribution is 2.05. The molecule has 0 spiro atoms. The molecule has 1 aliphatic rings. The van der Waals surface area contributed by atoms with Gasteiger partial charge in [0.15, 0.2) is 0 Å². The number of hydrogen-bond acceptors (Lipinski definition) is 3. The van der Waals surface area contributed by atoms with Crippen molar-refractivity contribution in [1.29, 1.82) is 0 Å². The maximum Gasteiger partial charge on any atom is 0.323 e. The summed E-state index contributed by atoms with van der Waals surface area (Å²) in [6.07, 6.45) is 0.794. The molecule has 2 atom stereocenters. The van der Waals surface area contributed by atoms with Crippen LogP contribution >= 0.6 is 9.39 Å². The Kier molecular flexibility index (Phi) is 1.81. The number of nitrogens with one attached hydrogen (secondary N) is 1. The Morgan fingerprint density at radius 2 is 2.62 bits per heavy atom. The van der Waals surface area contributed by atoms with Gasteiger partial charge in [-0.15, -0.1) is 0 Å². The van der Waals surface area contributed by atoms with Gasteiger partial charge in [-0.1, -0.05) is 9.39 Å². The topological polar surface area (TPSA) is 38.3 Å². The van der Waals surface area contributed by atoms with Crippen molar-refractivity contribution in [3.05, 3.63) is 0 Å². The van der Waals surface area contributed by atoms with Crippen LogP contribution in [0.1, 0.15) is 6.42 Å². The van der Waals surface area contributed by atoms with Gasteiger partial charge in [-0.2, -0.15) is 0 Å². The SMILES string of the molecule is O=C1OCC[C@H]1NP. The van der Waals surface area contributed by atoms with E-state index in [0.29, 0.717) is 6.61 Å². The lowest BCUT2D eigenvalue weighted by atomic mass is 10.3. The van der Waals surface area contributed by atoms with Crippen molar-refractivity contribution in [2.75, 3.05) is 6.61 Å². The molecule has 0 aromatic carbocycles. The zero-order valence-corrected chi connectivity index (χ0v) is 5.54. The summed E-state index contributed by atoms with van der Waals surface area (Å²) in [5, 5.41) is 2.76. The molecule has 3 nitrogen and oxygen atoms in total. The van der Waals surface area contributed by atoms with Crippen LogP contribution in [0.15, 0.2) is 0 Å². The fourth-order valence-electron chi connectivity index (χ4n) is 0.647. The number of cyclic esters (lactones) is 1. The van der Waals surface area contributed by atoms with E-state index in [1.54, 1.807) is 0 Å². The summed E-state index contributed by atoms with van der Waals surface area (Å²) in [5.74, 6) is -0.139. The normalized spacial score (nSPS) is 28.1. The van der Waals surface area contributed by atoms with Gasteiger partial charge in [0.25, 0.3) is 0 Å². The van der Waals surface area contributed by atoms with Crippen LogP contribution in [-0.4, -0.2) is 18.6 Å². The summed E-state index contributed by atoms with van der Waals surface area (Å²) in [6.45, 7) is 0.560. The van der Waals surface area contributed by atoms with E-state index >= 15 is 0 Å². The Bertz CT molecular complexity index is 106. The minimum absolute atomic E-state index is 0.0833. The van der Waals surface area contributed by atoms with Crippen molar-refractivity contribution >= 4 is 15.4 Å². The Hall–Kier alpha value is -0.140. The number of esters is 1. The fraction of sp³-hybridized carbons (Fsp3) is 0.750. The number of carbonyl (C=O) groups excluding carboxylic acids is 1. The first-order valence-electron chi connectivity index (χ1n) is 2.47. The van der Waals surface area contributed by atoms with Gasteiger partial charge in [-0.05, 0) is 0 Å². The zero-order chi connectivity index (χ0) is 5.98. The van der Waals surface area contributed by atoms with Crippen LogP contribution in [0.4, 0.5) is 0 Å². The second kappa shape index (κ2) is 2.42. The molecule has 1 N–H and O–H groups in total. The summed E-state index contributed by atoms with van der Waals surface area (Å²) >= 11 is 0. The average Bonchev–Trinajstić information content (AvgIpc) is 2.14. The highest BCUT2D eigenvalue weighted by Gasteiger charge is 2.23. The molecule has 46 valence electrons. The lowest BCUT2D eigenvalue weighted by molar-refractivity contribution is -0.139. The van der Waals surface area contributed by atoms with Gasteiger partial charge in [0.05, 0.1) is 6.61 Å². The molecule has 0 aliphatic carbocycles. The van der Waals surface area contributed by atoms with Gasteiger partial charge in [-0.25, -0.2) is 0 Å². The van der Waals surface area contributed by atoms with Crippen molar-refractivity contribution in [1.82, 2.24) is 5.09 Å². The van der Waals surface area contributed by atoms with E-state index in [1.165, 1.54) is 0 Å². The van der Waals surface area contributed by atoms with E-state index in [9.17, 15) is 4.79 Å². The van der Waals surface area contributed by atoms with Crippen LogP contribution in [-0.2, 0) is 9.53 Å². The Labute approximate surface area is 50.0 Å². The van der Waals surface area contributed by atoms with E-state index < -0.39 is 0 Å². The van der Waals surface area contributed by atoms with E-state index in [1.807, 2.05) is 0 Å². The van der Waals surface area contributed by atoms with Crippen molar-refractivity contribution in [2.45, 2.75) is 12.5 Å². The van der Waals surface area contributed by atoms with Gasteiger partial charge in [0.2, 0.25) is 0 Å². The molecule has 1 heterocycles. The Morgan fingerprint density at radius 1 is 1.88 bits per heavy atom. The third-order valence-corrected chi connectivity index (χ3v) is 1.54. The average molecular weight is 133 g/mol. The van der Waals surface area contributed by atoms with E-state index in [0.717, 1.165) is 6.42 Å². The molecule has 0 bridgehead atoms. The Balaban J connectivity index is 2.42. The maximum absolute atomic E-state index is 10.5. The molecule has 1 unspecified atom stereocenters. The van der Waals surface area contributed by atoms with Crippen LogP contribution in [0.5, 0.6) is 0 Å². The first kappa shape index (κ1) is 5.99. The lowest BCUT2D eigenvalue weighted by Gasteiger charge is -1.98. The third-order valence-electron chi connectivity index (χ3n) is 1.14. The summed E-state index contributed by atoms with van der Waals surface area (Å²) in [7, 11) is 2.30. The van der Waals surface area contributed by atoms with Crippen LogP contribution < -0.4 is 5.09 Å². The fourth-order valence-corrected chi connectivity index (χ4v) is 0.950. The summed E-state index contributed by atoms with van der Waals surface area (Å²) in [4.78, 5) is 10.5. The molecule has 8 heavy (non-hydrogen) atoms. The third kappa shape index (κ3) is 0.984. The molecule has 0 amide bonds. The largest absolute Gasteiger partial charge is 0.464 e. The van der Waals surface area contributed by atoms with Crippen LogP contribution in [0.3, 0.4) is 0 Å². The van der Waals surface area contributed by atoms with Crippen LogP contribution in [0, 0.1) is 0 Å². The molecule has 1 aliphatic heterocycles. The minimum Gasteiger partial charge on any atom is -0.464 e. The standard InChI is InChI=1S/C4H8NO2P/c6-4-3(5-8)1-2-7-4/h3,5H,1-2,8H2/t3-/m1/s1. The molecule has 4 heteroatoms. The molecule has 1 saturated heterocycles.